The molecule has 5 aromatic rings. The summed E-state index contributed by atoms with van der Waals surface area (Å²) >= 11 is 0. The number of hydrogen-bond acceptors (Lipinski definition) is 6. The van der Waals surface area contributed by atoms with Crippen LogP contribution >= 0.6 is 0 Å². The van der Waals surface area contributed by atoms with Crippen LogP contribution < -0.4 is 20.3 Å². The molecule has 8 heteroatoms. The first kappa shape index (κ1) is 23.7. The number of nitrogens with zero attached hydrogens (tertiary/aromatic N) is 4. The van der Waals surface area contributed by atoms with Gasteiger partial charge in [-0.2, -0.15) is 5.10 Å². The van der Waals surface area contributed by atoms with E-state index in [1.54, 1.807) is 23.0 Å². The predicted octanol–water partition coefficient (Wildman–Crippen LogP) is 4.64. The summed E-state index contributed by atoms with van der Waals surface area (Å²) in [6, 6.07) is 27.5. The Morgan fingerprint density at radius 1 is 0.921 bits per heavy atom. The number of anilines is 2. The average Bonchev–Trinajstić information content (AvgIpc) is 3.41. The van der Waals surface area contributed by atoms with Gasteiger partial charge in [0.05, 0.1) is 17.6 Å². The summed E-state index contributed by atoms with van der Waals surface area (Å²) in [5.74, 6) is 0.525. The molecule has 1 aliphatic heterocycles. The van der Waals surface area contributed by atoms with Crippen LogP contribution in [0.5, 0.6) is 5.75 Å². The SMILES string of the molecule is O=C(Nc1ccccc1N1CCNCC1)c1ccn2ncc(-c3ccc(OCc4ccccc4)cc3)c2n1. The lowest BCUT2D eigenvalue weighted by atomic mass is 10.1. The highest BCUT2D eigenvalue weighted by Crippen LogP contribution is 2.28. The largest absolute Gasteiger partial charge is 0.489 e. The molecule has 0 bridgehead atoms. The Morgan fingerprint density at radius 3 is 2.50 bits per heavy atom. The highest BCUT2D eigenvalue weighted by molar-refractivity contribution is 6.05. The first-order chi connectivity index (χ1) is 18.7. The zero-order valence-corrected chi connectivity index (χ0v) is 20.9. The molecule has 0 aliphatic carbocycles. The summed E-state index contributed by atoms with van der Waals surface area (Å²) in [4.78, 5) is 20.2. The number of ether oxygens (including phenoxy) is 1. The van der Waals surface area contributed by atoms with Crippen molar-refractivity contribution in [3.05, 3.63) is 109 Å². The van der Waals surface area contributed by atoms with Crippen molar-refractivity contribution >= 4 is 22.9 Å². The molecule has 1 saturated heterocycles. The summed E-state index contributed by atoms with van der Waals surface area (Å²) in [5.41, 5.74) is 5.65. The molecular formula is C30H28N6O2. The minimum atomic E-state index is -0.258. The van der Waals surface area contributed by atoms with Gasteiger partial charge in [0.15, 0.2) is 5.65 Å². The second-order valence-electron chi connectivity index (χ2n) is 9.15. The van der Waals surface area contributed by atoms with E-state index in [0.29, 0.717) is 17.9 Å². The van der Waals surface area contributed by atoms with Crippen LogP contribution in [-0.2, 0) is 6.61 Å². The number of nitrogens with one attached hydrogen (secondary N) is 2. The van der Waals surface area contributed by atoms with Gasteiger partial charge < -0.3 is 20.3 Å². The third-order valence-electron chi connectivity index (χ3n) is 6.63. The van der Waals surface area contributed by atoms with Crippen molar-refractivity contribution in [1.82, 2.24) is 19.9 Å². The summed E-state index contributed by atoms with van der Waals surface area (Å²) < 4.78 is 7.60. The summed E-state index contributed by atoms with van der Waals surface area (Å²) in [6.45, 7) is 4.14. The topological polar surface area (TPSA) is 83.8 Å². The van der Waals surface area contributed by atoms with Gasteiger partial charge in [0, 0.05) is 37.9 Å². The van der Waals surface area contributed by atoms with Crippen molar-refractivity contribution in [2.45, 2.75) is 6.61 Å². The Bertz CT molecular complexity index is 1540. The smallest absolute Gasteiger partial charge is 0.274 e. The third-order valence-corrected chi connectivity index (χ3v) is 6.63. The van der Waals surface area contributed by atoms with Crippen molar-refractivity contribution in [1.29, 1.82) is 0 Å². The van der Waals surface area contributed by atoms with E-state index >= 15 is 0 Å². The molecule has 8 nitrogen and oxygen atoms in total. The van der Waals surface area contributed by atoms with E-state index in [1.807, 2.05) is 78.9 Å². The highest BCUT2D eigenvalue weighted by atomic mass is 16.5. The van der Waals surface area contributed by atoms with Gasteiger partial charge >= 0.3 is 0 Å². The number of hydrogen-bond donors (Lipinski definition) is 2. The second kappa shape index (κ2) is 10.7. The van der Waals surface area contributed by atoms with Crippen LogP contribution in [0.4, 0.5) is 11.4 Å². The van der Waals surface area contributed by atoms with Crippen molar-refractivity contribution in [3.63, 3.8) is 0 Å². The molecule has 1 amide bonds. The molecule has 1 aliphatic rings. The van der Waals surface area contributed by atoms with Crippen LogP contribution in [0.2, 0.25) is 0 Å². The maximum Gasteiger partial charge on any atom is 0.274 e. The predicted molar refractivity (Wildman–Crippen MR) is 149 cm³/mol. The zero-order chi connectivity index (χ0) is 25.7. The van der Waals surface area contributed by atoms with Crippen LogP contribution in [0.15, 0.2) is 97.3 Å². The first-order valence-electron chi connectivity index (χ1n) is 12.7. The van der Waals surface area contributed by atoms with Crippen molar-refractivity contribution < 1.29 is 9.53 Å². The molecule has 2 N–H and O–H groups in total. The number of amides is 1. The van der Waals surface area contributed by atoms with Crippen molar-refractivity contribution in [2.75, 3.05) is 36.4 Å². The van der Waals surface area contributed by atoms with E-state index in [9.17, 15) is 4.79 Å². The molecular weight excluding hydrogens is 476 g/mol. The van der Waals surface area contributed by atoms with Gasteiger partial charge in [0.2, 0.25) is 0 Å². The normalized spacial score (nSPS) is 13.4. The highest BCUT2D eigenvalue weighted by Gasteiger charge is 2.18. The van der Waals surface area contributed by atoms with Crippen LogP contribution in [0.3, 0.4) is 0 Å². The maximum absolute atomic E-state index is 13.2. The number of carbonyl (C=O) groups excluding carboxylic acids is 1. The van der Waals surface area contributed by atoms with E-state index in [0.717, 1.165) is 60.0 Å². The Labute approximate surface area is 220 Å². The van der Waals surface area contributed by atoms with E-state index in [2.05, 4.69) is 25.6 Å². The monoisotopic (exact) mass is 504 g/mol. The molecule has 2 aromatic heterocycles. The lowest BCUT2D eigenvalue weighted by Gasteiger charge is -2.31. The van der Waals surface area contributed by atoms with E-state index < -0.39 is 0 Å². The fraction of sp³-hybridized carbons (Fsp3) is 0.167. The lowest BCUT2D eigenvalue weighted by Crippen LogP contribution is -2.43. The van der Waals surface area contributed by atoms with Gasteiger partial charge in [0.25, 0.3) is 5.91 Å². The molecule has 190 valence electrons. The Kier molecular flexibility index (Phi) is 6.70. The molecule has 6 rings (SSSR count). The van der Waals surface area contributed by atoms with Gasteiger partial charge in [-0.15, -0.1) is 0 Å². The fourth-order valence-corrected chi connectivity index (χ4v) is 4.62. The fourth-order valence-electron chi connectivity index (χ4n) is 4.62. The minimum absolute atomic E-state index is 0.258. The first-order valence-corrected chi connectivity index (χ1v) is 12.7. The standard InChI is InChI=1S/C30H28N6O2/c37-30(34-26-8-4-5-9-28(26)35-18-15-31-16-19-35)27-14-17-36-29(33-27)25(20-32-36)23-10-12-24(13-11-23)38-21-22-6-2-1-3-7-22/h1-14,17,20,31H,15-16,18-19,21H2,(H,34,37). The number of carbonyl (C=O) groups is 1. The Balaban J connectivity index is 1.20. The molecule has 0 saturated carbocycles. The number of piperazine rings is 1. The van der Waals surface area contributed by atoms with E-state index in [-0.39, 0.29) is 5.91 Å². The van der Waals surface area contributed by atoms with Crippen LogP contribution in [0, 0.1) is 0 Å². The van der Waals surface area contributed by atoms with Crippen molar-refractivity contribution in [2.24, 2.45) is 0 Å². The number of fused-ring (bicyclic) bond motifs is 1. The number of para-hydroxylation sites is 2. The van der Waals surface area contributed by atoms with Gasteiger partial charge in [0.1, 0.15) is 18.1 Å². The Hall–Kier alpha value is -4.69. The number of rotatable bonds is 7. The summed E-state index contributed by atoms with van der Waals surface area (Å²) in [6.07, 6.45) is 3.53. The summed E-state index contributed by atoms with van der Waals surface area (Å²) in [5, 5.41) is 10.9. The van der Waals surface area contributed by atoms with Crippen LogP contribution in [-0.4, -0.2) is 46.7 Å². The van der Waals surface area contributed by atoms with Gasteiger partial charge in [-0.1, -0.05) is 54.6 Å². The van der Waals surface area contributed by atoms with Gasteiger partial charge in [-0.3, -0.25) is 4.79 Å². The summed E-state index contributed by atoms with van der Waals surface area (Å²) in [7, 11) is 0. The van der Waals surface area contributed by atoms with E-state index in [4.69, 9.17) is 4.74 Å². The van der Waals surface area contributed by atoms with Crippen molar-refractivity contribution in [3.8, 4) is 16.9 Å². The molecule has 38 heavy (non-hydrogen) atoms. The lowest BCUT2D eigenvalue weighted by molar-refractivity contribution is 0.102. The number of benzene rings is 3. The van der Waals surface area contributed by atoms with E-state index in [1.165, 1.54) is 0 Å². The molecule has 3 aromatic carbocycles. The molecule has 0 atom stereocenters. The van der Waals surface area contributed by atoms with Crippen LogP contribution in [0.1, 0.15) is 16.1 Å². The molecule has 0 unspecified atom stereocenters. The average molecular weight is 505 g/mol. The molecule has 3 heterocycles. The second-order valence-corrected chi connectivity index (χ2v) is 9.15. The molecule has 0 radical (unpaired) electrons. The minimum Gasteiger partial charge on any atom is -0.489 e. The van der Waals surface area contributed by atoms with Gasteiger partial charge in [-0.25, -0.2) is 9.50 Å². The molecule has 0 spiro atoms. The van der Waals surface area contributed by atoms with Crippen LogP contribution in [0.25, 0.3) is 16.8 Å². The van der Waals surface area contributed by atoms with Gasteiger partial charge in [-0.05, 0) is 41.5 Å². The third kappa shape index (κ3) is 5.07. The number of aromatic nitrogens is 3. The maximum atomic E-state index is 13.2. The quantitative estimate of drug-likeness (QED) is 0.336. The Morgan fingerprint density at radius 2 is 1.68 bits per heavy atom. The zero-order valence-electron chi connectivity index (χ0n) is 20.9. The molecule has 1 fully saturated rings.